The van der Waals surface area contributed by atoms with Crippen molar-refractivity contribution in [2.45, 2.75) is 83.8 Å². The van der Waals surface area contributed by atoms with Crippen molar-refractivity contribution in [2.75, 3.05) is 19.7 Å². The number of carbonyl (C=O) groups excluding carboxylic acids is 2. The van der Waals surface area contributed by atoms with Gasteiger partial charge in [-0.15, -0.1) is 0 Å². The first-order valence-corrected chi connectivity index (χ1v) is 11.1. The second-order valence-corrected chi connectivity index (χ2v) is 9.12. The quantitative estimate of drug-likeness (QED) is 0.626. The highest BCUT2D eigenvalue weighted by molar-refractivity contribution is 5.77. The summed E-state index contributed by atoms with van der Waals surface area (Å²) >= 11 is 0. The number of rotatable bonds is 7. The predicted octanol–water partition coefficient (Wildman–Crippen LogP) is 3.07. The molecule has 0 aromatic carbocycles. The Kier molecular flexibility index (Phi) is 7.18. The Morgan fingerprint density at radius 1 is 1.10 bits per heavy atom. The third-order valence-corrected chi connectivity index (χ3v) is 5.68. The van der Waals surface area contributed by atoms with Gasteiger partial charge in [-0.05, 0) is 66.2 Å². The predicted molar refractivity (Wildman–Crippen MR) is 110 cm³/mol. The van der Waals surface area contributed by atoms with E-state index in [0.29, 0.717) is 32.3 Å². The van der Waals surface area contributed by atoms with Crippen molar-refractivity contribution >= 4 is 11.9 Å². The lowest BCUT2D eigenvalue weighted by Gasteiger charge is -2.44. The maximum Gasteiger partial charge on any atom is 0.377 e. The summed E-state index contributed by atoms with van der Waals surface area (Å²) < 4.78 is 19.4. The molecule has 8 heteroatoms. The Hall–Kier alpha value is -1.93. The second kappa shape index (κ2) is 9.47. The van der Waals surface area contributed by atoms with Gasteiger partial charge >= 0.3 is 17.8 Å². The molecule has 1 unspecified atom stereocenters. The summed E-state index contributed by atoms with van der Waals surface area (Å²) in [6.45, 7) is 9.29. The fraction of sp³-hybridized carbons (Fsp3) is 0.773. The Bertz CT molecular complexity index is 701. The number of imidazole rings is 1. The number of nitrogens with zero attached hydrogens (tertiary/aromatic N) is 3. The molecule has 2 aliphatic rings. The lowest BCUT2D eigenvalue weighted by atomic mass is 9.87. The molecule has 0 radical (unpaired) electrons. The Labute approximate surface area is 178 Å². The molecule has 0 amide bonds. The van der Waals surface area contributed by atoms with Crippen molar-refractivity contribution in [1.82, 2.24) is 14.5 Å². The molecule has 1 atom stereocenters. The maximum atomic E-state index is 13.6. The molecule has 2 fully saturated rings. The average Bonchev–Trinajstić information content (AvgIpc) is 3.40. The zero-order valence-electron chi connectivity index (χ0n) is 18.6. The standard InChI is InChI=1S/C22H35N3O5/c1-5-28-19(26)17-8-10-18(11-9-17)29-22(24-13-6-7-14-24,25-15-12-23-16-25)20(27)30-21(2,3)4/h12,15-18H,5-11,13-14H2,1-4H3. The molecule has 1 aromatic rings. The van der Waals surface area contributed by atoms with Crippen molar-refractivity contribution in [1.29, 1.82) is 0 Å². The van der Waals surface area contributed by atoms with Crippen LogP contribution in [-0.4, -0.2) is 57.8 Å². The fourth-order valence-electron chi connectivity index (χ4n) is 4.29. The zero-order chi connectivity index (χ0) is 21.8. The third kappa shape index (κ3) is 5.03. The van der Waals surface area contributed by atoms with Gasteiger partial charge in [0, 0.05) is 25.5 Å². The molecule has 30 heavy (non-hydrogen) atoms. The number of hydrogen-bond acceptors (Lipinski definition) is 7. The summed E-state index contributed by atoms with van der Waals surface area (Å²) in [5.41, 5.74) is -0.645. The van der Waals surface area contributed by atoms with Gasteiger partial charge < -0.3 is 14.2 Å². The first-order valence-electron chi connectivity index (χ1n) is 11.1. The Balaban J connectivity index is 1.84. The Morgan fingerprint density at radius 2 is 1.77 bits per heavy atom. The average molecular weight is 422 g/mol. The highest BCUT2D eigenvalue weighted by Crippen LogP contribution is 2.37. The molecule has 1 saturated heterocycles. The molecule has 0 N–H and O–H groups in total. The molecule has 0 spiro atoms. The first-order chi connectivity index (χ1) is 14.3. The number of hydrogen-bond donors (Lipinski definition) is 0. The second-order valence-electron chi connectivity index (χ2n) is 9.12. The summed E-state index contributed by atoms with van der Waals surface area (Å²) in [7, 11) is 0. The molecule has 168 valence electrons. The highest BCUT2D eigenvalue weighted by atomic mass is 16.6. The van der Waals surface area contributed by atoms with Gasteiger partial charge in [-0.2, -0.15) is 0 Å². The van der Waals surface area contributed by atoms with E-state index in [2.05, 4.69) is 9.88 Å². The van der Waals surface area contributed by atoms with Crippen molar-refractivity contribution in [3.05, 3.63) is 18.7 Å². The van der Waals surface area contributed by atoms with Gasteiger partial charge in [0.15, 0.2) is 0 Å². The van der Waals surface area contributed by atoms with Crippen LogP contribution >= 0.6 is 0 Å². The minimum absolute atomic E-state index is 0.0965. The molecule has 1 aliphatic heterocycles. The monoisotopic (exact) mass is 421 g/mol. The van der Waals surface area contributed by atoms with E-state index >= 15 is 0 Å². The molecule has 0 bridgehead atoms. The molecule has 3 rings (SSSR count). The van der Waals surface area contributed by atoms with Gasteiger partial charge in [-0.1, -0.05) is 0 Å². The molecule has 2 heterocycles. The van der Waals surface area contributed by atoms with Gasteiger partial charge in [-0.3, -0.25) is 9.36 Å². The zero-order valence-corrected chi connectivity index (χ0v) is 18.6. The smallest absolute Gasteiger partial charge is 0.377 e. The van der Waals surface area contributed by atoms with Crippen LogP contribution in [0.1, 0.15) is 66.2 Å². The van der Waals surface area contributed by atoms with Gasteiger partial charge in [0.1, 0.15) is 5.60 Å². The largest absolute Gasteiger partial charge is 0.466 e. The van der Waals surface area contributed by atoms with Gasteiger partial charge in [0.05, 0.1) is 25.0 Å². The highest BCUT2D eigenvalue weighted by Gasteiger charge is 2.52. The van der Waals surface area contributed by atoms with E-state index in [4.69, 9.17) is 14.2 Å². The molecule has 1 saturated carbocycles. The van der Waals surface area contributed by atoms with Crippen LogP contribution in [0.5, 0.6) is 0 Å². The van der Waals surface area contributed by atoms with Crippen molar-refractivity contribution in [2.24, 2.45) is 5.92 Å². The van der Waals surface area contributed by atoms with Crippen LogP contribution < -0.4 is 0 Å². The van der Waals surface area contributed by atoms with Crippen LogP contribution in [0.3, 0.4) is 0 Å². The summed E-state index contributed by atoms with van der Waals surface area (Å²) in [4.78, 5) is 31.9. The topological polar surface area (TPSA) is 82.9 Å². The lowest BCUT2D eigenvalue weighted by molar-refractivity contribution is -0.259. The minimum Gasteiger partial charge on any atom is -0.466 e. The van der Waals surface area contributed by atoms with Crippen LogP contribution in [0.25, 0.3) is 0 Å². The molecule has 1 aromatic heterocycles. The summed E-state index contributed by atoms with van der Waals surface area (Å²) in [5.74, 6) is -2.05. The fourth-order valence-corrected chi connectivity index (χ4v) is 4.29. The van der Waals surface area contributed by atoms with Gasteiger partial charge in [-0.25, -0.2) is 14.7 Å². The number of ether oxygens (including phenoxy) is 3. The lowest BCUT2D eigenvalue weighted by Crippen LogP contribution is -2.60. The van der Waals surface area contributed by atoms with Crippen molar-refractivity contribution < 1.29 is 23.8 Å². The maximum absolute atomic E-state index is 13.6. The van der Waals surface area contributed by atoms with Gasteiger partial charge in [0.25, 0.3) is 0 Å². The summed E-state index contributed by atoms with van der Waals surface area (Å²) in [5, 5.41) is 0. The van der Waals surface area contributed by atoms with E-state index in [9.17, 15) is 9.59 Å². The van der Waals surface area contributed by atoms with E-state index in [0.717, 1.165) is 25.9 Å². The Morgan fingerprint density at radius 3 is 2.30 bits per heavy atom. The van der Waals surface area contributed by atoms with Crippen molar-refractivity contribution in [3.8, 4) is 0 Å². The minimum atomic E-state index is -1.39. The van der Waals surface area contributed by atoms with Crippen molar-refractivity contribution in [3.63, 3.8) is 0 Å². The van der Waals surface area contributed by atoms with E-state index in [-0.39, 0.29) is 18.0 Å². The van der Waals surface area contributed by atoms with Crippen LogP contribution in [-0.2, 0) is 29.6 Å². The number of likely N-dealkylation sites (tertiary alicyclic amines) is 1. The number of carbonyl (C=O) groups is 2. The third-order valence-electron chi connectivity index (χ3n) is 5.68. The SMILES string of the molecule is CCOC(=O)C1CCC(OC(C(=O)OC(C)(C)C)(N2CCCC2)n2ccnc2)CC1. The van der Waals surface area contributed by atoms with Crippen LogP contribution in [0.4, 0.5) is 0 Å². The van der Waals surface area contributed by atoms with E-state index in [1.54, 1.807) is 23.3 Å². The summed E-state index contributed by atoms with van der Waals surface area (Å²) in [6.07, 6.45) is 9.63. The normalized spacial score (nSPS) is 24.9. The van der Waals surface area contributed by atoms with Crippen LogP contribution in [0.2, 0.25) is 0 Å². The summed E-state index contributed by atoms with van der Waals surface area (Å²) in [6, 6.07) is 0. The van der Waals surface area contributed by atoms with Crippen LogP contribution in [0, 0.1) is 5.92 Å². The molecule has 8 nitrogen and oxygen atoms in total. The van der Waals surface area contributed by atoms with Crippen LogP contribution in [0.15, 0.2) is 18.7 Å². The van der Waals surface area contributed by atoms with E-state index in [1.807, 2.05) is 27.7 Å². The van der Waals surface area contributed by atoms with Gasteiger partial charge in [0.2, 0.25) is 0 Å². The molecular weight excluding hydrogens is 386 g/mol. The molecule has 1 aliphatic carbocycles. The first kappa shape index (κ1) is 22.7. The van der Waals surface area contributed by atoms with E-state index in [1.165, 1.54) is 0 Å². The number of aromatic nitrogens is 2. The number of esters is 2. The molecular formula is C22H35N3O5. The van der Waals surface area contributed by atoms with E-state index < -0.39 is 17.4 Å².